The molecule has 3 rings (SSSR count). The minimum absolute atomic E-state index is 0.0642. The average Bonchev–Trinajstić information content (AvgIpc) is 2.99. The van der Waals surface area contributed by atoms with Gasteiger partial charge < -0.3 is 16.0 Å². The van der Waals surface area contributed by atoms with Crippen LogP contribution < -0.4 is 11.5 Å². The summed E-state index contributed by atoms with van der Waals surface area (Å²) in [5.41, 5.74) is 13.2. The van der Waals surface area contributed by atoms with Crippen molar-refractivity contribution in [3.05, 3.63) is 71.9 Å². The van der Waals surface area contributed by atoms with Crippen LogP contribution in [0.5, 0.6) is 0 Å². The molecule has 0 fully saturated rings. The van der Waals surface area contributed by atoms with E-state index in [0.717, 1.165) is 22.1 Å². The number of nitrogens with zero attached hydrogens (tertiary/aromatic N) is 4. The number of imidazole rings is 1. The molecular formula is C20H24N6S. The van der Waals surface area contributed by atoms with Gasteiger partial charge in [0.25, 0.3) is 0 Å². The van der Waals surface area contributed by atoms with Gasteiger partial charge >= 0.3 is 0 Å². The maximum atomic E-state index is 5.55. The van der Waals surface area contributed by atoms with Crippen LogP contribution in [0.15, 0.2) is 69.8 Å². The fourth-order valence-corrected chi connectivity index (χ4v) is 3.89. The van der Waals surface area contributed by atoms with Gasteiger partial charge in [-0.25, -0.2) is 9.98 Å². The quantitative estimate of drug-likeness (QED) is 0.484. The van der Waals surface area contributed by atoms with Crippen LogP contribution in [0.4, 0.5) is 0 Å². The number of hydrogen-bond acceptors (Lipinski definition) is 4. The normalized spacial score (nSPS) is 10.9. The van der Waals surface area contributed by atoms with E-state index >= 15 is 0 Å². The molecule has 0 aliphatic rings. The highest BCUT2D eigenvalue weighted by atomic mass is 32.2. The van der Waals surface area contributed by atoms with Crippen molar-refractivity contribution < 1.29 is 0 Å². The van der Waals surface area contributed by atoms with Crippen molar-refractivity contribution in [3.8, 4) is 0 Å². The summed E-state index contributed by atoms with van der Waals surface area (Å²) in [5, 5.41) is 1.11. The molecule has 27 heavy (non-hydrogen) atoms. The molecule has 0 aliphatic carbocycles. The maximum Gasteiger partial charge on any atom is 0.186 e. The topological polar surface area (TPSA) is 95.1 Å². The molecule has 0 amide bonds. The lowest BCUT2D eigenvalue weighted by atomic mass is 10.1. The molecule has 2 heterocycles. The van der Waals surface area contributed by atoms with Crippen LogP contribution in [0.25, 0.3) is 0 Å². The van der Waals surface area contributed by atoms with Crippen LogP contribution in [0.2, 0.25) is 0 Å². The van der Waals surface area contributed by atoms with Gasteiger partial charge in [-0.15, -0.1) is 0 Å². The summed E-state index contributed by atoms with van der Waals surface area (Å²) in [6, 6.07) is 14.3. The Morgan fingerprint density at radius 3 is 2.56 bits per heavy atom. The van der Waals surface area contributed by atoms with Crippen LogP contribution >= 0.6 is 11.8 Å². The molecule has 2 aromatic heterocycles. The summed E-state index contributed by atoms with van der Waals surface area (Å²) in [6.45, 7) is 5.31. The molecule has 4 N–H and O–H groups in total. The summed E-state index contributed by atoms with van der Waals surface area (Å²) >= 11 is 1.71. The first kappa shape index (κ1) is 19.0. The van der Waals surface area contributed by atoms with Crippen LogP contribution in [0.3, 0.4) is 0 Å². The Morgan fingerprint density at radius 1 is 1.15 bits per heavy atom. The van der Waals surface area contributed by atoms with E-state index in [9.17, 15) is 0 Å². The average molecular weight is 381 g/mol. The zero-order chi connectivity index (χ0) is 19.2. The predicted molar refractivity (Wildman–Crippen MR) is 110 cm³/mol. The van der Waals surface area contributed by atoms with Gasteiger partial charge in [0.1, 0.15) is 17.4 Å². The Hall–Kier alpha value is -2.80. The number of benzene rings is 1. The molecule has 6 nitrogen and oxygen atoms in total. The van der Waals surface area contributed by atoms with Crippen LogP contribution in [-0.2, 0) is 13.1 Å². The molecule has 0 spiro atoms. The zero-order valence-corrected chi connectivity index (χ0v) is 16.4. The summed E-state index contributed by atoms with van der Waals surface area (Å²) in [4.78, 5) is 14.5. The van der Waals surface area contributed by atoms with Gasteiger partial charge in [-0.1, -0.05) is 49.9 Å². The fraction of sp³-hybridized carbons (Fsp3) is 0.250. The van der Waals surface area contributed by atoms with Gasteiger partial charge in [0.05, 0.1) is 12.2 Å². The highest BCUT2D eigenvalue weighted by Crippen LogP contribution is 2.35. The van der Waals surface area contributed by atoms with Gasteiger partial charge in [0.15, 0.2) is 5.96 Å². The van der Waals surface area contributed by atoms with Crippen molar-refractivity contribution in [2.24, 2.45) is 16.5 Å². The molecule has 3 aromatic rings. The number of nitrogens with two attached hydrogens (primary N) is 2. The molecule has 0 bridgehead atoms. The first-order valence-electron chi connectivity index (χ1n) is 8.81. The molecule has 0 atom stereocenters. The molecule has 0 aliphatic heterocycles. The van der Waals surface area contributed by atoms with Gasteiger partial charge in [-0.3, -0.25) is 4.98 Å². The van der Waals surface area contributed by atoms with Gasteiger partial charge in [0, 0.05) is 17.3 Å². The van der Waals surface area contributed by atoms with Crippen LogP contribution in [-0.4, -0.2) is 20.5 Å². The standard InChI is InChI=1S/C20H24N6S/c1-14(2)18-19(27-16-8-4-3-5-9-16)26(13-15-7-6-10-23-11-15)17(25-18)12-24-20(21)22/h3-11,14H,12-13H2,1-2H3,(H4,21,22,24). The Morgan fingerprint density at radius 2 is 1.93 bits per heavy atom. The van der Waals surface area contributed by atoms with Crippen molar-refractivity contribution in [1.82, 2.24) is 14.5 Å². The van der Waals surface area contributed by atoms with Crippen molar-refractivity contribution in [2.45, 2.75) is 42.8 Å². The lowest BCUT2D eigenvalue weighted by molar-refractivity contribution is 0.667. The summed E-state index contributed by atoms with van der Waals surface area (Å²) < 4.78 is 2.19. The van der Waals surface area contributed by atoms with Crippen molar-refractivity contribution in [2.75, 3.05) is 0 Å². The van der Waals surface area contributed by atoms with Crippen LogP contribution in [0, 0.1) is 0 Å². The zero-order valence-electron chi connectivity index (χ0n) is 15.5. The van der Waals surface area contributed by atoms with Gasteiger partial charge in [-0.2, -0.15) is 0 Å². The van der Waals surface area contributed by atoms with E-state index in [1.165, 1.54) is 4.90 Å². The Labute approximate surface area is 163 Å². The lowest BCUT2D eigenvalue weighted by Crippen LogP contribution is -2.23. The number of hydrogen-bond donors (Lipinski definition) is 2. The number of aliphatic imine (C=N–C) groups is 1. The predicted octanol–water partition coefficient (Wildman–Crippen LogP) is 3.37. The van der Waals surface area contributed by atoms with Crippen molar-refractivity contribution in [3.63, 3.8) is 0 Å². The number of rotatable bonds is 7. The molecule has 140 valence electrons. The molecule has 1 aromatic carbocycles. The third-order valence-electron chi connectivity index (χ3n) is 4.00. The summed E-state index contributed by atoms with van der Waals surface area (Å²) in [5.74, 6) is 1.19. The highest BCUT2D eigenvalue weighted by Gasteiger charge is 2.20. The Bertz CT molecular complexity index is 899. The van der Waals surface area contributed by atoms with E-state index in [2.05, 4.69) is 46.6 Å². The lowest BCUT2D eigenvalue weighted by Gasteiger charge is -2.13. The molecule has 0 saturated heterocycles. The first-order chi connectivity index (χ1) is 13.0. The third kappa shape index (κ3) is 4.89. The van der Waals surface area contributed by atoms with Crippen LogP contribution in [0.1, 0.15) is 36.8 Å². The Kier molecular flexibility index (Phi) is 6.13. The minimum Gasteiger partial charge on any atom is -0.370 e. The fourth-order valence-electron chi connectivity index (χ4n) is 2.71. The number of pyridine rings is 1. The summed E-state index contributed by atoms with van der Waals surface area (Å²) in [7, 11) is 0. The van der Waals surface area contributed by atoms with E-state index in [4.69, 9.17) is 16.5 Å². The largest absolute Gasteiger partial charge is 0.370 e. The monoisotopic (exact) mass is 380 g/mol. The molecule has 0 radical (unpaired) electrons. The van der Waals surface area contributed by atoms with Crippen molar-refractivity contribution >= 4 is 17.7 Å². The Balaban J connectivity index is 2.07. The third-order valence-corrected chi connectivity index (χ3v) is 5.13. The van der Waals surface area contributed by atoms with E-state index in [1.807, 2.05) is 30.5 Å². The molecule has 7 heteroatoms. The number of aromatic nitrogens is 3. The second kappa shape index (κ2) is 8.73. The SMILES string of the molecule is CC(C)c1nc(CN=C(N)N)n(Cc2cccnc2)c1Sc1ccccc1. The first-order valence-corrected chi connectivity index (χ1v) is 9.62. The smallest absolute Gasteiger partial charge is 0.186 e. The molecular weight excluding hydrogens is 356 g/mol. The van der Waals surface area contributed by atoms with E-state index in [-0.39, 0.29) is 11.9 Å². The van der Waals surface area contributed by atoms with Gasteiger partial charge in [-0.05, 0) is 29.7 Å². The van der Waals surface area contributed by atoms with E-state index in [1.54, 1.807) is 18.0 Å². The minimum atomic E-state index is 0.0642. The molecule has 0 unspecified atom stereocenters. The summed E-state index contributed by atoms with van der Waals surface area (Å²) in [6.07, 6.45) is 3.65. The second-order valence-electron chi connectivity index (χ2n) is 6.48. The molecule has 0 saturated carbocycles. The van der Waals surface area contributed by atoms with E-state index < -0.39 is 0 Å². The highest BCUT2D eigenvalue weighted by molar-refractivity contribution is 7.99. The maximum absolute atomic E-state index is 5.55. The second-order valence-corrected chi connectivity index (χ2v) is 7.54. The number of guanidine groups is 1. The van der Waals surface area contributed by atoms with Crippen molar-refractivity contribution in [1.29, 1.82) is 0 Å². The van der Waals surface area contributed by atoms with Gasteiger partial charge in [0.2, 0.25) is 0 Å². The van der Waals surface area contributed by atoms with E-state index in [0.29, 0.717) is 13.1 Å².